The molecule has 1 unspecified atom stereocenters. The average molecular weight is 418 g/mol. The van der Waals surface area contributed by atoms with E-state index in [4.69, 9.17) is 18.9 Å². The molecule has 8 nitrogen and oxygen atoms in total. The summed E-state index contributed by atoms with van der Waals surface area (Å²) in [5.74, 6) is 2.01. The molecule has 1 fully saturated rings. The first-order chi connectivity index (χ1) is 15.1. The molecule has 5 rings (SSSR count). The second kappa shape index (κ2) is 7.88. The van der Waals surface area contributed by atoms with E-state index in [9.17, 15) is 4.79 Å². The summed E-state index contributed by atoms with van der Waals surface area (Å²) in [6.45, 7) is 1.64. The van der Waals surface area contributed by atoms with Crippen LogP contribution in [0.1, 0.15) is 11.9 Å². The van der Waals surface area contributed by atoms with E-state index in [1.54, 1.807) is 37.2 Å². The maximum Gasteiger partial charge on any atom is 0.255 e. The summed E-state index contributed by atoms with van der Waals surface area (Å²) in [5.41, 5.74) is 2.06. The van der Waals surface area contributed by atoms with Crippen molar-refractivity contribution in [3.05, 3.63) is 71.0 Å². The van der Waals surface area contributed by atoms with Gasteiger partial charge in [0.15, 0.2) is 11.3 Å². The summed E-state index contributed by atoms with van der Waals surface area (Å²) in [6, 6.07) is 13.0. The van der Waals surface area contributed by atoms with E-state index in [1.165, 1.54) is 0 Å². The number of fused-ring (bicyclic) bond motifs is 1. The largest absolute Gasteiger partial charge is 0.493 e. The number of methoxy groups -OCH3 is 1. The molecule has 1 aliphatic heterocycles. The molecular formula is C23H22N4O4. The summed E-state index contributed by atoms with van der Waals surface area (Å²) in [7, 11) is 3.36. The molecule has 0 spiro atoms. The number of ether oxygens (including phenoxy) is 2. The van der Waals surface area contributed by atoms with Gasteiger partial charge in [0, 0.05) is 43.0 Å². The van der Waals surface area contributed by atoms with Gasteiger partial charge in [0.1, 0.15) is 11.9 Å². The molecule has 1 aromatic carbocycles. The van der Waals surface area contributed by atoms with Crippen molar-refractivity contribution in [2.75, 3.05) is 31.7 Å². The zero-order chi connectivity index (χ0) is 21.4. The molecule has 1 saturated heterocycles. The molecule has 3 aromatic heterocycles. The molecule has 0 radical (unpaired) electrons. The van der Waals surface area contributed by atoms with Crippen molar-refractivity contribution in [3.8, 4) is 17.0 Å². The number of rotatable bonds is 4. The third-order valence-electron chi connectivity index (χ3n) is 5.50. The number of anilines is 1. The number of benzene rings is 1. The van der Waals surface area contributed by atoms with Gasteiger partial charge in [0.2, 0.25) is 5.95 Å². The molecular weight excluding hydrogens is 396 g/mol. The van der Waals surface area contributed by atoms with Crippen molar-refractivity contribution in [2.24, 2.45) is 7.05 Å². The number of morpholine rings is 1. The summed E-state index contributed by atoms with van der Waals surface area (Å²) < 4.78 is 19.1. The Morgan fingerprint density at radius 3 is 2.81 bits per heavy atom. The minimum atomic E-state index is -0.285. The maximum absolute atomic E-state index is 12.6. The summed E-state index contributed by atoms with van der Waals surface area (Å²) in [6.07, 6.45) is 3.09. The van der Waals surface area contributed by atoms with Gasteiger partial charge >= 0.3 is 0 Å². The minimum Gasteiger partial charge on any atom is -0.493 e. The van der Waals surface area contributed by atoms with E-state index >= 15 is 0 Å². The molecule has 4 aromatic rings. The van der Waals surface area contributed by atoms with Crippen LogP contribution in [0.3, 0.4) is 0 Å². The lowest BCUT2D eigenvalue weighted by molar-refractivity contribution is 0.0259. The normalized spacial score (nSPS) is 16.6. The number of para-hydroxylation sites is 1. The lowest BCUT2D eigenvalue weighted by Crippen LogP contribution is -2.41. The molecule has 158 valence electrons. The van der Waals surface area contributed by atoms with Gasteiger partial charge in [-0.15, -0.1) is 0 Å². The van der Waals surface area contributed by atoms with Gasteiger partial charge in [-0.25, -0.2) is 4.98 Å². The van der Waals surface area contributed by atoms with E-state index in [1.807, 2.05) is 36.4 Å². The highest BCUT2D eigenvalue weighted by Crippen LogP contribution is 2.34. The number of hydrogen-bond acceptors (Lipinski definition) is 7. The first-order valence-corrected chi connectivity index (χ1v) is 10.1. The van der Waals surface area contributed by atoms with E-state index in [2.05, 4.69) is 9.88 Å². The first kappa shape index (κ1) is 19.3. The minimum absolute atomic E-state index is 0.117. The van der Waals surface area contributed by atoms with Crippen LogP contribution in [-0.2, 0) is 11.8 Å². The van der Waals surface area contributed by atoms with Gasteiger partial charge < -0.3 is 18.8 Å². The predicted octanol–water partition coefficient (Wildman–Crippen LogP) is 3.18. The molecule has 1 atom stereocenters. The SMILES string of the molecule is COc1cccc2cc(C3CN(c4nc(-c5ccncc5)cc(=O)n4C)CCO3)oc12. The highest BCUT2D eigenvalue weighted by molar-refractivity contribution is 5.83. The molecule has 0 amide bonds. The molecule has 4 heterocycles. The van der Waals surface area contributed by atoms with Gasteiger partial charge in [0.25, 0.3) is 5.56 Å². The van der Waals surface area contributed by atoms with Crippen molar-refractivity contribution in [1.29, 1.82) is 0 Å². The van der Waals surface area contributed by atoms with Crippen LogP contribution in [0.25, 0.3) is 22.2 Å². The van der Waals surface area contributed by atoms with Crippen LogP contribution in [0.15, 0.2) is 64.1 Å². The Hall–Kier alpha value is -3.65. The highest BCUT2D eigenvalue weighted by Gasteiger charge is 2.28. The fourth-order valence-electron chi connectivity index (χ4n) is 3.86. The van der Waals surface area contributed by atoms with Gasteiger partial charge in [0.05, 0.1) is 26.0 Å². The fraction of sp³-hybridized carbons (Fsp3) is 0.261. The number of aromatic nitrogens is 3. The quantitative estimate of drug-likeness (QED) is 0.503. The first-order valence-electron chi connectivity index (χ1n) is 10.1. The van der Waals surface area contributed by atoms with E-state index in [0.717, 1.165) is 16.7 Å². The summed E-state index contributed by atoms with van der Waals surface area (Å²) in [5, 5.41) is 0.959. The van der Waals surface area contributed by atoms with Crippen LogP contribution in [0.4, 0.5) is 5.95 Å². The second-order valence-electron chi connectivity index (χ2n) is 7.41. The van der Waals surface area contributed by atoms with Crippen molar-refractivity contribution in [3.63, 3.8) is 0 Å². The number of pyridine rings is 1. The smallest absolute Gasteiger partial charge is 0.255 e. The number of nitrogens with zero attached hydrogens (tertiary/aromatic N) is 4. The van der Waals surface area contributed by atoms with Gasteiger partial charge in [-0.1, -0.05) is 12.1 Å². The van der Waals surface area contributed by atoms with Crippen LogP contribution in [0.5, 0.6) is 5.75 Å². The molecule has 0 bridgehead atoms. The third kappa shape index (κ3) is 3.55. The summed E-state index contributed by atoms with van der Waals surface area (Å²) >= 11 is 0. The molecule has 1 aliphatic rings. The molecule has 0 aliphatic carbocycles. The zero-order valence-electron chi connectivity index (χ0n) is 17.3. The van der Waals surface area contributed by atoms with Crippen LogP contribution in [0.2, 0.25) is 0 Å². The Labute approximate surface area is 178 Å². The van der Waals surface area contributed by atoms with Crippen molar-refractivity contribution >= 4 is 16.9 Å². The van der Waals surface area contributed by atoms with Gasteiger partial charge in [-0.2, -0.15) is 0 Å². The zero-order valence-corrected chi connectivity index (χ0v) is 17.3. The Morgan fingerprint density at radius 2 is 2.00 bits per heavy atom. The van der Waals surface area contributed by atoms with E-state index in [0.29, 0.717) is 42.7 Å². The van der Waals surface area contributed by atoms with Gasteiger partial charge in [-0.3, -0.25) is 14.3 Å². The Balaban J connectivity index is 1.48. The number of hydrogen-bond donors (Lipinski definition) is 0. The average Bonchev–Trinajstić information content (AvgIpc) is 3.26. The topological polar surface area (TPSA) is 82.6 Å². The summed E-state index contributed by atoms with van der Waals surface area (Å²) in [4.78, 5) is 23.5. The maximum atomic E-state index is 12.6. The monoisotopic (exact) mass is 418 g/mol. The van der Waals surface area contributed by atoms with Crippen molar-refractivity contribution in [1.82, 2.24) is 14.5 Å². The second-order valence-corrected chi connectivity index (χ2v) is 7.41. The number of furan rings is 1. The van der Waals surface area contributed by atoms with Gasteiger partial charge in [-0.05, 0) is 24.3 Å². The van der Waals surface area contributed by atoms with Crippen LogP contribution >= 0.6 is 0 Å². The van der Waals surface area contributed by atoms with Crippen LogP contribution in [-0.4, -0.2) is 41.3 Å². The predicted molar refractivity (Wildman–Crippen MR) is 116 cm³/mol. The lowest BCUT2D eigenvalue weighted by atomic mass is 10.2. The standard InChI is InChI=1S/C23H22N4O4/c1-26-21(28)13-17(15-6-8-24-9-7-15)25-23(26)27-10-11-30-20(14-27)19-12-16-4-3-5-18(29-2)22(16)31-19/h3-9,12-13,20H,10-11,14H2,1-2H3. The van der Waals surface area contributed by atoms with Crippen molar-refractivity contribution in [2.45, 2.75) is 6.10 Å². The third-order valence-corrected chi connectivity index (χ3v) is 5.50. The van der Waals surface area contributed by atoms with Crippen molar-refractivity contribution < 1.29 is 13.9 Å². The lowest BCUT2D eigenvalue weighted by Gasteiger charge is -2.33. The molecule has 0 saturated carbocycles. The molecule has 8 heteroatoms. The van der Waals surface area contributed by atoms with Crippen LogP contribution in [0, 0.1) is 0 Å². The Morgan fingerprint density at radius 1 is 1.16 bits per heavy atom. The molecule has 31 heavy (non-hydrogen) atoms. The Bertz CT molecular complexity index is 1280. The highest BCUT2D eigenvalue weighted by atomic mass is 16.5. The van der Waals surface area contributed by atoms with Crippen LogP contribution < -0.4 is 15.2 Å². The molecule has 0 N–H and O–H groups in total. The van der Waals surface area contributed by atoms with E-state index in [-0.39, 0.29) is 11.7 Å². The fourth-order valence-corrected chi connectivity index (χ4v) is 3.86. The van der Waals surface area contributed by atoms with E-state index < -0.39 is 0 Å². The Kier molecular flexibility index (Phi) is 4.91.